The number of phenols is 2. The third kappa shape index (κ3) is 3.28. The molecule has 0 radical (unpaired) electrons. The molecule has 0 saturated carbocycles. The van der Waals surface area contributed by atoms with Crippen LogP contribution in [0.2, 0.25) is 0 Å². The Morgan fingerprint density at radius 1 is 0.750 bits per heavy atom. The van der Waals surface area contributed by atoms with Crippen molar-refractivity contribution in [3.8, 4) is 11.5 Å². The predicted octanol–water partition coefficient (Wildman–Crippen LogP) is 5.01. The summed E-state index contributed by atoms with van der Waals surface area (Å²) < 4.78 is 0. The van der Waals surface area contributed by atoms with Crippen LogP contribution in [-0.2, 0) is 11.8 Å². The van der Waals surface area contributed by atoms with E-state index in [9.17, 15) is 10.2 Å². The third-order valence-corrected chi connectivity index (χ3v) is 4.63. The molecule has 2 nitrogen and oxygen atoms in total. The van der Waals surface area contributed by atoms with Crippen molar-refractivity contribution >= 4 is 0 Å². The molecule has 0 aromatic heterocycles. The van der Waals surface area contributed by atoms with Crippen LogP contribution in [0.15, 0.2) is 72.8 Å². The largest absolute Gasteiger partial charge is 0.508 e. The van der Waals surface area contributed by atoms with E-state index in [-0.39, 0.29) is 11.2 Å². The Kier molecular flexibility index (Phi) is 4.30. The minimum Gasteiger partial charge on any atom is -0.508 e. The number of rotatable bonds is 4. The zero-order chi connectivity index (χ0) is 17.2. The lowest BCUT2D eigenvalue weighted by atomic mass is 9.77. The molecule has 0 heterocycles. The van der Waals surface area contributed by atoms with Crippen molar-refractivity contribution in [1.82, 2.24) is 0 Å². The average molecular weight is 318 g/mol. The van der Waals surface area contributed by atoms with Gasteiger partial charge in [0.05, 0.1) is 0 Å². The third-order valence-electron chi connectivity index (χ3n) is 4.63. The maximum atomic E-state index is 10.2. The lowest BCUT2D eigenvalue weighted by molar-refractivity contribution is 0.468. The van der Waals surface area contributed by atoms with Gasteiger partial charge >= 0.3 is 0 Å². The second kappa shape index (κ2) is 6.40. The Morgan fingerprint density at radius 2 is 1.38 bits per heavy atom. The summed E-state index contributed by atoms with van der Waals surface area (Å²) in [5.74, 6) is 0.592. The summed E-state index contributed by atoms with van der Waals surface area (Å²) in [6.45, 7) is 4.30. The molecule has 3 rings (SSSR count). The van der Waals surface area contributed by atoms with Gasteiger partial charge in [0.15, 0.2) is 0 Å². The van der Waals surface area contributed by atoms with Gasteiger partial charge in [-0.1, -0.05) is 68.4 Å². The van der Waals surface area contributed by atoms with Crippen LogP contribution in [0.25, 0.3) is 0 Å². The molecule has 0 aliphatic rings. The average Bonchev–Trinajstić information content (AvgIpc) is 2.58. The molecule has 0 bridgehead atoms. The van der Waals surface area contributed by atoms with Crippen molar-refractivity contribution in [3.05, 3.63) is 95.1 Å². The van der Waals surface area contributed by atoms with E-state index in [1.165, 1.54) is 5.56 Å². The predicted molar refractivity (Wildman–Crippen MR) is 97.6 cm³/mol. The van der Waals surface area contributed by atoms with E-state index in [0.29, 0.717) is 12.2 Å². The maximum absolute atomic E-state index is 10.2. The summed E-state index contributed by atoms with van der Waals surface area (Å²) in [6, 6.07) is 23.3. The van der Waals surface area contributed by atoms with Gasteiger partial charge in [0.1, 0.15) is 11.5 Å². The van der Waals surface area contributed by atoms with Crippen LogP contribution in [0, 0.1) is 0 Å². The SMILES string of the molecule is CC(C)(c1ccc(O)cc1)c1ccc(O)c(Cc2ccccc2)c1. The van der Waals surface area contributed by atoms with Crippen molar-refractivity contribution in [2.75, 3.05) is 0 Å². The van der Waals surface area contributed by atoms with E-state index < -0.39 is 0 Å². The number of phenolic OH excluding ortho intramolecular Hbond substituents is 2. The van der Waals surface area contributed by atoms with E-state index in [2.05, 4.69) is 32.0 Å². The summed E-state index contributed by atoms with van der Waals surface area (Å²) in [7, 11) is 0. The molecule has 0 amide bonds. The van der Waals surface area contributed by atoms with Gasteiger partial charge in [0, 0.05) is 11.8 Å². The van der Waals surface area contributed by atoms with Gasteiger partial charge in [0.2, 0.25) is 0 Å². The highest BCUT2D eigenvalue weighted by Crippen LogP contribution is 2.35. The van der Waals surface area contributed by atoms with Crippen LogP contribution in [0.5, 0.6) is 11.5 Å². The number of hydrogen-bond donors (Lipinski definition) is 2. The summed E-state index contributed by atoms with van der Waals surface area (Å²) in [5.41, 5.74) is 4.14. The Hall–Kier alpha value is -2.74. The van der Waals surface area contributed by atoms with Crippen LogP contribution < -0.4 is 0 Å². The first kappa shape index (κ1) is 16.1. The summed E-state index contributed by atoms with van der Waals surface area (Å²) >= 11 is 0. The molecule has 3 aromatic rings. The molecule has 0 aliphatic heterocycles. The summed E-state index contributed by atoms with van der Waals surface area (Å²) in [5, 5.41) is 19.7. The van der Waals surface area contributed by atoms with Crippen LogP contribution in [0.1, 0.15) is 36.1 Å². The maximum Gasteiger partial charge on any atom is 0.119 e. The van der Waals surface area contributed by atoms with Gasteiger partial charge in [-0.2, -0.15) is 0 Å². The Balaban J connectivity index is 1.96. The van der Waals surface area contributed by atoms with Gasteiger partial charge in [-0.3, -0.25) is 0 Å². The quantitative estimate of drug-likeness (QED) is 0.709. The monoisotopic (exact) mass is 318 g/mol. The van der Waals surface area contributed by atoms with E-state index in [4.69, 9.17) is 0 Å². The van der Waals surface area contributed by atoms with E-state index in [1.54, 1.807) is 18.2 Å². The normalized spacial score (nSPS) is 11.4. The smallest absolute Gasteiger partial charge is 0.119 e. The lowest BCUT2D eigenvalue weighted by Gasteiger charge is -2.27. The molecule has 2 N–H and O–H groups in total. The van der Waals surface area contributed by atoms with Crippen LogP contribution in [0.4, 0.5) is 0 Å². The van der Waals surface area contributed by atoms with Gasteiger partial charge in [-0.25, -0.2) is 0 Å². The molecular weight excluding hydrogens is 296 g/mol. The first-order valence-electron chi connectivity index (χ1n) is 8.12. The summed E-state index contributed by atoms with van der Waals surface area (Å²) in [6.07, 6.45) is 0.701. The van der Waals surface area contributed by atoms with E-state index in [0.717, 1.165) is 16.7 Å². The molecule has 2 heteroatoms. The van der Waals surface area contributed by atoms with E-state index in [1.807, 2.05) is 36.4 Å². The molecule has 0 atom stereocenters. The zero-order valence-corrected chi connectivity index (χ0v) is 14.0. The molecule has 24 heavy (non-hydrogen) atoms. The second-order valence-electron chi connectivity index (χ2n) is 6.68. The fourth-order valence-electron chi connectivity index (χ4n) is 2.98. The number of hydrogen-bond acceptors (Lipinski definition) is 2. The van der Waals surface area contributed by atoms with Crippen molar-refractivity contribution < 1.29 is 10.2 Å². The highest BCUT2D eigenvalue weighted by Gasteiger charge is 2.24. The molecule has 0 saturated heterocycles. The van der Waals surface area contributed by atoms with Gasteiger partial charge in [-0.15, -0.1) is 0 Å². The zero-order valence-electron chi connectivity index (χ0n) is 14.0. The van der Waals surface area contributed by atoms with Crippen molar-refractivity contribution in [3.63, 3.8) is 0 Å². The van der Waals surface area contributed by atoms with Gasteiger partial charge in [-0.05, 0) is 40.5 Å². The molecule has 0 spiro atoms. The second-order valence-corrected chi connectivity index (χ2v) is 6.68. The minimum atomic E-state index is -0.215. The standard InChI is InChI=1S/C22H22O2/c1-22(2,18-8-11-20(23)12-9-18)19-10-13-21(24)17(15-19)14-16-6-4-3-5-7-16/h3-13,15,23-24H,14H2,1-2H3. The highest BCUT2D eigenvalue weighted by molar-refractivity contribution is 5.46. The fourth-order valence-corrected chi connectivity index (χ4v) is 2.98. The van der Waals surface area contributed by atoms with Gasteiger partial charge < -0.3 is 10.2 Å². The van der Waals surface area contributed by atoms with E-state index >= 15 is 0 Å². The molecule has 0 fully saturated rings. The topological polar surface area (TPSA) is 40.5 Å². The first-order chi connectivity index (χ1) is 11.5. The highest BCUT2D eigenvalue weighted by atomic mass is 16.3. The fraction of sp³-hybridized carbons (Fsp3) is 0.182. The number of benzene rings is 3. The Bertz CT molecular complexity index is 818. The van der Waals surface area contributed by atoms with Crippen LogP contribution in [-0.4, -0.2) is 10.2 Å². The molecule has 3 aromatic carbocycles. The first-order valence-corrected chi connectivity index (χ1v) is 8.12. The Morgan fingerprint density at radius 3 is 2.04 bits per heavy atom. The van der Waals surface area contributed by atoms with Crippen molar-refractivity contribution in [2.24, 2.45) is 0 Å². The van der Waals surface area contributed by atoms with Crippen molar-refractivity contribution in [1.29, 1.82) is 0 Å². The van der Waals surface area contributed by atoms with Crippen LogP contribution >= 0.6 is 0 Å². The molecule has 0 unspecified atom stereocenters. The van der Waals surface area contributed by atoms with Gasteiger partial charge in [0.25, 0.3) is 0 Å². The number of aromatic hydroxyl groups is 2. The lowest BCUT2D eigenvalue weighted by Crippen LogP contribution is -2.19. The minimum absolute atomic E-state index is 0.215. The van der Waals surface area contributed by atoms with Crippen molar-refractivity contribution in [2.45, 2.75) is 25.7 Å². The molecule has 0 aliphatic carbocycles. The molecular formula is C22H22O2. The Labute approximate surface area is 143 Å². The summed E-state index contributed by atoms with van der Waals surface area (Å²) in [4.78, 5) is 0. The van der Waals surface area contributed by atoms with Crippen LogP contribution in [0.3, 0.4) is 0 Å². The molecule has 122 valence electrons.